The van der Waals surface area contributed by atoms with E-state index in [9.17, 15) is 8.42 Å². The Labute approximate surface area is 191 Å². The second kappa shape index (κ2) is 9.62. The Kier molecular flexibility index (Phi) is 7.12. The molecule has 3 aromatic rings. The Morgan fingerprint density at radius 3 is 1.97 bits per heavy atom. The van der Waals surface area contributed by atoms with Crippen LogP contribution in [0.25, 0.3) is 0 Å². The normalized spacial score (nSPS) is 11.1. The van der Waals surface area contributed by atoms with E-state index in [0.29, 0.717) is 22.9 Å². The number of sulfonamides is 1. The molecule has 0 bridgehead atoms. The highest BCUT2D eigenvalue weighted by molar-refractivity contribution is 9.10. The van der Waals surface area contributed by atoms with E-state index in [0.717, 1.165) is 15.6 Å². The SMILES string of the molecule is COc1cc(N(Cc2ccccc2Br)S(=O)(=O)c2ccc(C)cc2)cc(OC)c1OC. The number of rotatable bonds is 8. The minimum atomic E-state index is -3.89. The summed E-state index contributed by atoms with van der Waals surface area (Å²) in [7, 11) is 0.595. The molecule has 3 aromatic carbocycles. The van der Waals surface area contributed by atoms with Crippen molar-refractivity contribution in [3.8, 4) is 17.2 Å². The molecule has 164 valence electrons. The minimum Gasteiger partial charge on any atom is -0.493 e. The molecule has 0 saturated carbocycles. The highest BCUT2D eigenvalue weighted by Crippen LogP contribution is 2.42. The molecule has 31 heavy (non-hydrogen) atoms. The fourth-order valence-electron chi connectivity index (χ4n) is 3.15. The van der Waals surface area contributed by atoms with Crippen LogP contribution in [0.3, 0.4) is 0 Å². The van der Waals surface area contributed by atoms with Crippen molar-refractivity contribution in [2.45, 2.75) is 18.4 Å². The summed E-state index contributed by atoms with van der Waals surface area (Å²) in [5, 5.41) is 0. The van der Waals surface area contributed by atoms with Gasteiger partial charge in [0.25, 0.3) is 10.0 Å². The van der Waals surface area contributed by atoms with E-state index in [2.05, 4.69) is 15.9 Å². The molecule has 0 aromatic heterocycles. The average molecular weight is 506 g/mol. The van der Waals surface area contributed by atoms with E-state index in [1.807, 2.05) is 31.2 Å². The first-order valence-electron chi connectivity index (χ1n) is 9.44. The first-order chi connectivity index (χ1) is 14.8. The molecule has 0 atom stereocenters. The Morgan fingerprint density at radius 1 is 0.871 bits per heavy atom. The molecular weight excluding hydrogens is 482 g/mol. The molecule has 0 aliphatic carbocycles. The zero-order chi connectivity index (χ0) is 22.6. The Morgan fingerprint density at radius 2 is 1.45 bits per heavy atom. The van der Waals surface area contributed by atoms with Crippen molar-refractivity contribution in [1.29, 1.82) is 0 Å². The smallest absolute Gasteiger partial charge is 0.264 e. The van der Waals surface area contributed by atoms with Gasteiger partial charge in [-0.05, 0) is 30.7 Å². The maximum absolute atomic E-state index is 13.7. The van der Waals surface area contributed by atoms with Gasteiger partial charge in [0.05, 0.1) is 38.5 Å². The van der Waals surface area contributed by atoms with Gasteiger partial charge in [-0.3, -0.25) is 4.31 Å². The van der Waals surface area contributed by atoms with Crippen molar-refractivity contribution in [1.82, 2.24) is 0 Å². The molecule has 0 saturated heterocycles. The van der Waals surface area contributed by atoms with Crippen LogP contribution >= 0.6 is 15.9 Å². The van der Waals surface area contributed by atoms with E-state index >= 15 is 0 Å². The zero-order valence-corrected chi connectivity index (χ0v) is 20.2. The monoisotopic (exact) mass is 505 g/mol. The molecule has 0 aliphatic rings. The van der Waals surface area contributed by atoms with E-state index in [4.69, 9.17) is 14.2 Å². The van der Waals surface area contributed by atoms with Crippen LogP contribution < -0.4 is 18.5 Å². The Bertz CT molecular complexity index is 1140. The lowest BCUT2D eigenvalue weighted by Gasteiger charge is -2.26. The molecule has 8 heteroatoms. The number of halogens is 1. The largest absolute Gasteiger partial charge is 0.493 e. The zero-order valence-electron chi connectivity index (χ0n) is 17.8. The van der Waals surface area contributed by atoms with E-state index in [1.54, 1.807) is 36.4 Å². The maximum Gasteiger partial charge on any atom is 0.264 e. The van der Waals surface area contributed by atoms with Crippen molar-refractivity contribution in [2.24, 2.45) is 0 Å². The Balaban J connectivity index is 2.21. The molecule has 6 nitrogen and oxygen atoms in total. The lowest BCUT2D eigenvalue weighted by Crippen LogP contribution is -2.30. The van der Waals surface area contributed by atoms with E-state index < -0.39 is 10.0 Å². The van der Waals surface area contributed by atoms with Crippen LogP contribution in [-0.4, -0.2) is 29.7 Å². The number of benzene rings is 3. The van der Waals surface area contributed by atoms with Gasteiger partial charge in [0.15, 0.2) is 11.5 Å². The third kappa shape index (κ3) is 4.80. The van der Waals surface area contributed by atoms with Crippen molar-refractivity contribution in [2.75, 3.05) is 25.6 Å². The summed E-state index contributed by atoms with van der Waals surface area (Å²) in [6.07, 6.45) is 0. The van der Waals surface area contributed by atoms with Gasteiger partial charge in [0.2, 0.25) is 5.75 Å². The second-order valence-electron chi connectivity index (χ2n) is 6.80. The molecule has 3 rings (SSSR count). The molecule has 0 unspecified atom stereocenters. The van der Waals surface area contributed by atoms with Crippen LogP contribution in [0.1, 0.15) is 11.1 Å². The number of ether oxygens (including phenoxy) is 3. The number of hydrogen-bond acceptors (Lipinski definition) is 5. The summed E-state index contributed by atoms with van der Waals surface area (Å²) in [5.74, 6) is 1.13. The number of aryl methyl sites for hydroxylation is 1. The van der Waals surface area contributed by atoms with Crippen molar-refractivity contribution < 1.29 is 22.6 Å². The summed E-state index contributed by atoms with van der Waals surface area (Å²) >= 11 is 3.52. The summed E-state index contributed by atoms with van der Waals surface area (Å²) in [5.41, 5.74) is 2.18. The number of anilines is 1. The fourth-order valence-corrected chi connectivity index (χ4v) is 4.98. The summed E-state index contributed by atoms with van der Waals surface area (Å²) < 4.78 is 45.8. The summed E-state index contributed by atoms with van der Waals surface area (Å²) in [6, 6.07) is 17.5. The number of hydrogen-bond donors (Lipinski definition) is 0. The molecule has 0 N–H and O–H groups in total. The summed E-state index contributed by atoms with van der Waals surface area (Å²) in [6.45, 7) is 2.02. The van der Waals surface area contributed by atoms with Gasteiger partial charge < -0.3 is 14.2 Å². The molecule has 0 amide bonds. The molecule has 0 aliphatic heterocycles. The van der Waals surface area contributed by atoms with Gasteiger partial charge >= 0.3 is 0 Å². The maximum atomic E-state index is 13.7. The van der Waals surface area contributed by atoms with Gasteiger partial charge in [0, 0.05) is 16.6 Å². The first-order valence-corrected chi connectivity index (χ1v) is 11.7. The standard InChI is InChI=1S/C23H24BrNO5S/c1-16-9-11-19(12-10-16)31(26,27)25(15-17-7-5-6-8-20(17)24)18-13-21(28-2)23(30-4)22(14-18)29-3/h5-14H,15H2,1-4H3. The highest BCUT2D eigenvalue weighted by Gasteiger charge is 2.28. The third-order valence-electron chi connectivity index (χ3n) is 4.82. The highest BCUT2D eigenvalue weighted by atomic mass is 79.9. The molecule has 0 radical (unpaired) electrons. The van der Waals surface area contributed by atoms with E-state index in [1.165, 1.54) is 25.6 Å². The van der Waals surface area contributed by atoms with Crippen molar-refractivity contribution >= 4 is 31.6 Å². The van der Waals surface area contributed by atoms with Crippen LogP contribution in [0.2, 0.25) is 0 Å². The van der Waals surface area contributed by atoms with Gasteiger partial charge in [-0.25, -0.2) is 8.42 Å². The minimum absolute atomic E-state index is 0.107. The number of nitrogens with zero attached hydrogens (tertiary/aromatic N) is 1. The molecular formula is C23H24BrNO5S. The van der Waals surface area contributed by atoms with Gasteiger partial charge in [-0.1, -0.05) is 51.8 Å². The van der Waals surface area contributed by atoms with Crippen LogP contribution in [0.4, 0.5) is 5.69 Å². The molecule has 0 spiro atoms. The average Bonchev–Trinajstić information content (AvgIpc) is 2.77. The van der Waals surface area contributed by atoms with Gasteiger partial charge in [0.1, 0.15) is 0 Å². The van der Waals surface area contributed by atoms with E-state index in [-0.39, 0.29) is 11.4 Å². The lowest BCUT2D eigenvalue weighted by atomic mass is 10.2. The fraction of sp³-hybridized carbons (Fsp3) is 0.217. The number of methoxy groups -OCH3 is 3. The second-order valence-corrected chi connectivity index (χ2v) is 9.52. The summed E-state index contributed by atoms with van der Waals surface area (Å²) in [4.78, 5) is 0.193. The first kappa shape index (κ1) is 23.0. The molecule has 0 heterocycles. The van der Waals surface area contributed by atoms with Crippen LogP contribution in [-0.2, 0) is 16.6 Å². The quantitative estimate of drug-likeness (QED) is 0.422. The van der Waals surface area contributed by atoms with Gasteiger partial charge in [-0.15, -0.1) is 0 Å². The molecule has 0 fully saturated rings. The van der Waals surface area contributed by atoms with Crippen LogP contribution in [0.5, 0.6) is 17.2 Å². The van der Waals surface area contributed by atoms with Crippen molar-refractivity contribution in [3.05, 3.63) is 76.3 Å². The predicted molar refractivity (Wildman–Crippen MR) is 125 cm³/mol. The van der Waals surface area contributed by atoms with Crippen LogP contribution in [0.15, 0.2) is 70.0 Å². The Hall–Kier alpha value is -2.71. The third-order valence-corrected chi connectivity index (χ3v) is 7.38. The van der Waals surface area contributed by atoms with Crippen LogP contribution in [0, 0.1) is 6.92 Å². The van der Waals surface area contributed by atoms with Gasteiger partial charge in [-0.2, -0.15) is 0 Å². The topological polar surface area (TPSA) is 65.1 Å². The lowest BCUT2D eigenvalue weighted by molar-refractivity contribution is 0.324. The van der Waals surface area contributed by atoms with Crippen molar-refractivity contribution in [3.63, 3.8) is 0 Å². The predicted octanol–water partition coefficient (Wildman–Crippen LogP) is 5.18.